The number of primary amides is 2. The first-order valence-electron chi connectivity index (χ1n) is 14.8. The van der Waals surface area contributed by atoms with Gasteiger partial charge in [-0.25, -0.2) is 4.79 Å². The lowest BCUT2D eigenvalue weighted by atomic mass is 10.0. The van der Waals surface area contributed by atoms with Crippen LogP contribution in [0.3, 0.4) is 0 Å². The fraction of sp³-hybridized carbons (Fsp3) is 0.667. The summed E-state index contributed by atoms with van der Waals surface area (Å²) in [4.78, 5) is 111. The Morgan fingerprint density at radius 1 is 0.723 bits per heavy atom. The zero-order valence-electron chi connectivity index (χ0n) is 26.1. The summed E-state index contributed by atoms with van der Waals surface area (Å²) >= 11 is 0. The van der Waals surface area contributed by atoms with Gasteiger partial charge >= 0.3 is 11.9 Å². The van der Waals surface area contributed by atoms with Gasteiger partial charge in [-0.15, -0.1) is 0 Å². The number of carboxylic acid groups (broad SMARTS) is 2. The first kappa shape index (κ1) is 40.2. The molecule has 1 fully saturated rings. The molecule has 1 rings (SSSR count). The molecule has 0 aromatic heterocycles. The Morgan fingerprint density at radius 3 is 1.60 bits per heavy atom. The molecule has 1 aliphatic heterocycles. The first-order valence-corrected chi connectivity index (χ1v) is 14.8. The van der Waals surface area contributed by atoms with E-state index in [1.54, 1.807) is 13.8 Å². The van der Waals surface area contributed by atoms with Gasteiger partial charge in [0.1, 0.15) is 30.2 Å². The van der Waals surface area contributed by atoms with Crippen molar-refractivity contribution in [1.82, 2.24) is 31.9 Å². The molecular formula is C27H44N8O12. The number of nitrogens with one attached hydrogen (secondary N) is 6. The smallest absolute Gasteiger partial charge is 0.326 e. The molecule has 0 spiro atoms. The molecule has 0 bridgehead atoms. The molecule has 47 heavy (non-hydrogen) atoms. The molecule has 0 aromatic rings. The van der Waals surface area contributed by atoms with Gasteiger partial charge in [-0.05, 0) is 38.1 Å². The molecule has 1 saturated heterocycles. The van der Waals surface area contributed by atoms with Crippen LogP contribution in [0.15, 0.2) is 0 Å². The van der Waals surface area contributed by atoms with Gasteiger partial charge in [-0.3, -0.25) is 38.4 Å². The monoisotopic (exact) mass is 672 g/mol. The van der Waals surface area contributed by atoms with E-state index >= 15 is 0 Å². The van der Waals surface area contributed by atoms with E-state index in [0.29, 0.717) is 19.4 Å². The number of nitrogens with two attached hydrogens (primary N) is 2. The molecule has 6 unspecified atom stereocenters. The molecule has 13 N–H and O–H groups in total. The van der Waals surface area contributed by atoms with Crippen LogP contribution in [0.4, 0.5) is 0 Å². The Hall–Kier alpha value is -4.85. The predicted octanol–water partition coefficient (Wildman–Crippen LogP) is -5.10. The number of rotatable bonds is 21. The molecule has 20 heteroatoms. The van der Waals surface area contributed by atoms with Crippen LogP contribution in [0, 0.1) is 5.92 Å². The highest BCUT2D eigenvalue weighted by Crippen LogP contribution is 2.08. The molecule has 1 aliphatic rings. The summed E-state index contributed by atoms with van der Waals surface area (Å²) in [6.45, 7) is 3.08. The average molecular weight is 673 g/mol. The number of aliphatic carboxylic acids is 2. The van der Waals surface area contributed by atoms with E-state index in [1.807, 2.05) is 0 Å². The number of carbonyl (C=O) groups is 9. The third-order valence-corrected chi connectivity index (χ3v) is 6.87. The van der Waals surface area contributed by atoms with Gasteiger partial charge in [0.25, 0.3) is 0 Å². The van der Waals surface area contributed by atoms with Crippen molar-refractivity contribution >= 4 is 53.3 Å². The van der Waals surface area contributed by atoms with Gasteiger partial charge < -0.3 is 58.7 Å². The summed E-state index contributed by atoms with van der Waals surface area (Å²) in [6, 6.07) is -8.78. The summed E-state index contributed by atoms with van der Waals surface area (Å²) in [6.07, 6.45) is -1.69. The quantitative estimate of drug-likeness (QED) is 0.0544. The van der Waals surface area contributed by atoms with E-state index in [4.69, 9.17) is 11.5 Å². The molecule has 1 heterocycles. The largest absolute Gasteiger partial charge is 0.481 e. The van der Waals surface area contributed by atoms with Crippen LogP contribution in [-0.2, 0) is 43.2 Å². The van der Waals surface area contributed by atoms with E-state index in [1.165, 1.54) is 0 Å². The Morgan fingerprint density at radius 2 is 1.19 bits per heavy atom. The number of carbonyl (C=O) groups excluding carboxylic acids is 7. The fourth-order valence-corrected chi connectivity index (χ4v) is 4.51. The van der Waals surface area contributed by atoms with E-state index in [2.05, 4.69) is 31.9 Å². The number of hydrogen-bond acceptors (Lipinski definition) is 11. The molecule has 0 aromatic carbocycles. The minimum atomic E-state index is -1.77. The van der Waals surface area contributed by atoms with Gasteiger partial charge in [-0.1, -0.05) is 13.8 Å². The van der Waals surface area contributed by atoms with Crippen LogP contribution in [0.1, 0.15) is 58.8 Å². The maximum absolute atomic E-state index is 13.2. The Kier molecular flexibility index (Phi) is 16.8. The van der Waals surface area contributed by atoms with Crippen LogP contribution in [-0.4, -0.2) is 118 Å². The number of amides is 7. The van der Waals surface area contributed by atoms with Gasteiger partial charge in [-0.2, -0.15) is 0 Å². The second-order valence-electron chi connectivity index (χ2n) is 11.4. The van der Waals surface area contributed by atoms with Gasteiger partial charge in [0.15, 0.2) is 0 Å². The molecule has 0 saturated carbocycles. The lowest BCUT2D eigenvalue weighted by Crippen LogP contribution is -2.60. The van der Waals surface area contributed by atoms with Crippen molar-refractivity contribution in [3.63, 3.8) is 0 Å². The Balaban J connectivity index is 3.17. The lowest BCUT2D eigenvalue weighted by molar-refractivity contribution is -0.143. The van der Waals surface area contributed by atoms with Crippen molar-refractivity contribution in [2.45, 2.75) is 95.0 Å². The van der Waals surface area contributed by atoms with Crippen molar-refractivity contribution in [1.29, 1.82) is 0 Å². The number of aliphatic hydroxyl groups excluding tert-OH is 1. The summed E-state index contributed by atoms with van der Waals surface area (Å²) in [7, 11) is 0. The predicted molar refractivity (Wildman–Crippen MR) is 159 cm³/mol. The SMILES string of the molecule is CC(C)CC(NC(=O)C(CC(N)=O)NC(=O)C(CCC(=O)O)NC(=O)C(CC(N)=O)NC(=O)C(CO)NC(=O)C1CCCN1)C(=O)O. The highest BCUT2D eigenvalue weighted by molar-refractivity contribution is 5.98. The Bertz CT molecular complexity index is 1190. The molecule has 0 aliphatic carbocycles. The van der Waals surface area contributed by atoms with E-state index < -0.39 is 122 Å². The third kappa shape index (κ3) is 14.9. The van der Waals surface area contributed by atoms with Crippen molar-refractivity contribution in [3.8, 4) is 0 Å². The zero-order chi connectivity index (χ0) is 35.8. The number of hydrogen-bond donors (Lipinski definition) is 11. The highest BCUT2D eigenvalue weighted by Gasteiger charge is 2.34. The molecule has 6 atom stereocenters. The van der Waals surface area contributed by atoms with Crippen LogP contribution in [0.5, 0.6) is 0 Å². The molecular weight excluding hydrogens is 628 g/mol. The molecule has 20 nitrogen and oxygen atoms in total. The van der Waals surface area contributed by atoms with Gasteiger partial charge in [0.2, 0.25) is 41.4 Å². The highest BCUT2D eigenvalue weighted by atomic mass is 16.4. The average Bonchev–Trinajstić information content (AvgIpc) is 3.51. The number of carboxylic acids is 2. The summed E-state index contributed by atoms with van der Waals surface area (Å²) in [5.74, 6) is -10.3. The normalized spacial score (nSPS) is 17.2. The second kappa shape index (κ2) is 19.6. The van der Waals surface area contributed by atoms with Gasteiger partial charge in [0.05, 0.1) is 25.5 Å². The second-order valence-corrected chi connectivity index (χ2v) is 11.4. The summed E-state index contributed by atoms with van der Waals surface area (Å²) in [5.41, 5.74) is 10.4. The van der Waals surface area contributed by atoms with Crippen molar-refractivity contribution < 1.29 is 58.5 Å². The summed E-state index contributed by atoms with van der Waals surface area (Å²) in [5, 5.41) is 42.2. The maximum atomic E-state index is 13.2. The van der Waals surface area contributed by atoms with E-state index in [9.17, 15) is 58.5 Å². The number of aliphatic hydroxyl groups is 1. The standard InChI is InChI=1S/C27H44N8O12/c1-12(2)8-17(27(46)47)34-25(44)16(10-20(29)38)32-23(42)14(5-6-21(39)40)31-24(43)15(9-19(28)37)33-26(45)18(11-36)35-22(41)13-4-3-7-30-13/h12-18,30,36H,3-11H2,1-2H3,(H2,28,37)(H2,29,38)(H,31,43)(H,32,42)(H,33,45)(H,34,44)(H,35,41)(H,39,40)(H,46,47). The van der Waals surface area contributed by atoms with Crippen LogP contribution < -0.4 is 43.4 Å². The van der Waals surface area contributed by atoms with Gasteiger partial charge in [0, 0.05) is 6.42 Å². The minimum absolute atomic E-state index is 0.000859. The minimum Gasteiger partial charge on any atom is -0.481 e. The van der Waals surface area contributed by atoms with Crippen LogP contribution in [0.2, 0.25) is 0 Å². The summed E-state index contributed by atoms with van der Waals surface area (Å²) < 4.78 is 0. The van der Waals surface area contributed by atoms with Crippen molar-refractivity contribution in [2.75, 3.05) is 13.2 Å². The van der Waals surface area contributed by atoms with Crippen LogP contribution in [0.25, 0.3) is 0 Å². The molecule has 264 valence electrons. The fourth-order valence-electron chi connectivity index (χ4n) is 4.51. The van der Waals surface area contributed by atoms with Crippen LogP contribution >= 0.6 is 0 Å². The molecule has 0 radical (unpaired) electrons. The third-order valence-electron chi connectivity index (χ3n) is 6.87. The van der Waals surface area contributed by atoms with Crippen molar-refractivity contribution in [2.24, 2.45) is 17.4 Å². The maximum Gasteiger partial charge on any atom is 0.326 e. The van der Waals surface area contributed by atoms with Crippen molar-refractivity contribution in [3.05, 3.63) is 0 Å². The first-order chi connectivity index (χ1) is 21.9. The zero-order valence-corrected chi connectivity index (χ0v) is 26.1. The Labute approximate surface area is 269 Å². The lowest BCUT2D eigenvalue weighted by Gasteiger charge is -2.26. The molecule has 7 amide bonds. The van der Waals surface area contributed by atoms with E-state index in [0.717, 1.165) is 0 Å². The topological polar surface area (TPSA) is 339 Å². The van der Waals surface area contributed by atoms with E-state index in [-0.39, 0.29) is 12.3 Å².